The molecule has 0 bridgehead atoms. The van der Waals surface area contributed by atoms with Gasteiger partial charge in [0.05, 0.1) is 11.6 Å². The first kappa shape index (κ1) is 19.0. The SMILES string of the molecule is Fc1ccccc1-c1nnc(SC[C@@H]2CSc3nnc(-c4ccncc4)n32)n1C1CC1. The minimum absolute atomic E-state index is 0.240. The Hall–Kier alpha value is -2.72. The summed E-state index contributed by atoms with van der Waals surface area (Å²) >= 11 is 3.39. The number of rotatable bonds is 6. The van der Waals surface area contributed by atoms with E-state index in [1.165, 1.54) is 6.07 Å². The third-order valence-corrected chi connectivity index (χ3v) is 7.65. The minimum Gasteiger partial charge on any atom is -0.299 e. The molecule has 0 unspecified atom stereocenters. The summed E-state index contributed by atoms with van der Waals surface area (Å²) in [6, 6.07) is 11.3. The molecule has 4 aromatic rings. The topological polar surface area (TPSA) is 74.3 Å². The maximum absolute atomic E-state index is 14.4. The fraction of sp³-hybridized carbons (Fsp3) is 0.286. The second-order valence-electron chi connectivity index (χ2n) is 7.58. The Balaban J connectivity index is 1.28. The van der Waals surface area contributed by atoms with Crippen molar-refractivity contribution >= 4 is 23.5 Å². The van der Waals surface area contributed by atoms with E-state index in [4.69, 9.17) is 0 Å². The maximum Gasteiger partial charge on any atom is 0.191 e. The molecular formula is C21H18FN7S2. The highest BCUT2D eigenvalue weighted by molar-refractivity contribution is 8.00. The van der Waals surface area contributed by atoms with Crippen molar-refractivity contribution in [2.45, 2.75) is 35.2 Å². The van der Waals surface area contributed by atoms with Crippen molar-refractivity contribution in [1.82, 2.24) is 34.5 Å². The quantitative estimate of drug-likeness (QED) is 0.399. The number of thioether (sulfide) groups is 2. The molecule has 0 saturated heterocycles. The number of benzene rings is 1. The average Bonchev–Trinajstić information content (AvgIpc) is 3.23. The highest BCUT2D eigenvalue weighted by atomic mass is 32.2. The van der Waals surface area contributed by atoms with Gasteiger partial charge in [0.2, 0.25) is 0 Å². The Morgan fingerprint density at radius 1 is 0.968 bits per heavy atom. The number of nitrogens with zero attached hydrogens (tertiary/aromatic N) is 7. The number of halogens is 1. The van der Waals surface area contributed by atoms with Crippen LogP contribution in [0.3, 0.4) is 0 Å². The van der Waals surface area contributed by atoms with Crippen LogP contribution >= 0.6 is 23.5 Å². The highest BCUT2D eigenvalue weighted by Crippen LogP contribution is 2.43. The van der Waals surface area contributed by atoms with Gasteiger partial charge < -0.3 is 0 Å². The summed E-state index contributed by atoms with van der Waals surface area (Å²) in [6.45, 7) is 0. The van der Waals surface area contributed by atoms with E-state index < -0.39 is 0 Å². The zero-order chi connectivity index (χ0) is 20.8. The Morgan fingerprint density at radius 3 is 2.58 bits per heavy atom. The summed E-state index contributed by atoms with van der Waals surface area (Å²) in [5.41, 5.74) is 1.51. The zero-order valence-corrected chi connectivity index (χ0v) is 18.1. The monoisotopic (exact) mass is 451 g/mol. The van der Waals surface area contributed by atoms with E-state index in [1.54, 1.807) is 48.1 Å². The predicted molar refractivity (Wildman–Crippen MR) is 117 cm³/mol. The molecule has 156 valence electrons. The summed E-state index contributed by atoms with van der Waals surface area (Å²) in [6.07, 6.45) is 5.69. The molecule has 1 fully saturated rings. The molecular weight excluding hydrogens is 433 g/mol. The summed E-state index contributed by atoms with van der Waals surface area (Å²) < 4.78 is 18.7. The second kappa shape index (κ2) is 7.76. The van der Waals surface area contributed by atoms with Crippen molar-refractivity contribution in [1.29, 1.82) is 0 Å². The van der Waals surface area contributed by atoms with E-state index in [2.05, 4.69) is 34.5 Å². The number of hydrogen-bond donors (Lipinski definition) is 0. The molecule has 1 aliphatic carbocycles. The Kier molecular flexibility index (Phi) is 4.76. The molecule has 1 atom stereocenters. The van der Waals surface area contributed by atoms with Crippen molar-refractivity contribution < 1.29 is 4.39 Å². The largest absolute Gasteiger partial charge is 0.299 e. The van der Waals surface area contributed by atoms with Crippen LogP contribution in [0, 0.1) is 5.82 Å². The molecule has 0 radical (unpaired) electrons. The van der Waals surface area contributed by atoms with Crippen LogP contribution in [0.15, 0.2) is 59.1 Å². The van der Waals surface area contributed by atoms with Crippen molar-refractivity contribution in [2.24, 2.45) is 0 Å². The smallest absolute Gasteiger partial charge is 0.191 e. The number of aromatic nitrogens is 7. The van der Waals surface area contributed by atoms with E-state index in [1.807, 2.05) is 18.2 Å². The first-order valence-electron chi connectivity index (χ1n) is 10.1. The van der Waals surface area contributed by atoms with Gasteiger partial charge in [-0.2, -0.15) is 0 Å². The van der Waals surface area contributed by atoms with Crippen LogP contribution < -0.4 is 0 Å². The minimum atomic E-state index is -0.267. The fourth-order valence-corrected chi connectivity index (χ4v) is 6.12. The molecule has 0 spiro atoms. The molecule has 0 N–H and O–H groups in total. The molecule has 2 aliphatic rings. The summed E-state index contributed by atoms with van der Waals surface area (Å²) in [5, 5.41) is 19.3. The van der Waals surface area contributed by atoms with Crippen molar-refractivity contribution in [3.05, 3.63) is 54.6 Å². The molecule has 4 heterocycles. The van der Waals surface area contributed by atoms with Gasteiger partial charge in [-0.25, -0.2) is 4.39 Å². The van der Waals surface area contributed by atoms with Crippen molar-refractivity contribution in [3.8, 4) is 22.8 Å². The molecule has 6 rings (SSSR count). The summed E-state index contributed by atoms with van der Waals surface area (Å²) in [4.78, 5) is 4.10. The van der Waals surface area contributed by atoms with Gasteiger partial charge in [0, 0.05) is 35.5 Å². The molecule has 7 nitrogen and oxygen atoms in total. The number of hydrogen-bond acceptors (Lipinski definition) is 7. The molecule has 0 amide bonds. The fourth-order valence-electron chi connectivity index (χ4n) is 3.80. The third-order valence-electron chi connectivity index (χ3n) is 5.47. The van der Waals surface area contributed by atoms with Crippen molar-refractivity contribution in [2.75, 3.05) is 11.5 Å². The van der Waals surface area contributed by atoms with E-state index >= 15 is 0 Å². The van der Waals surface area contributed by atoms with Crippen LogP contribution in [0.2, 0.25) is 0 Å². The lowest BCUT2D eigenvalue weighted by Crippen LogP contribution is -2.12. The van der Waals surface area contributed by atoms with Crippen LogP contribution in [-0.4, -0.2) is 46.0 Å². The van der Waals surface area contributed by atoms with Gasteiger partial charge in [-0.15, -0.1) is 20.4 Å². The van der Waals surface area contributed by atoms with Gasteiger partial charge >= 0.3 is 0 Å². The van der Waals surface area contributed by atoms with Gasteiger partial charge in [-0.05, 0) is 37.1 Å². The maximum atomic E-state index is 14.4. The normalized spacial score (nSPS) is 17.8. The first-order chi connectivity index (χ1) is 15.3. The van der Waals surface area contributed by atoms with Crippen LogP contribution in [-0.2, 0) is 0 Å². The molecule has 31 heavy (non-hydrogen) atoms. The van der Waals surface area contributed by atoms with Gasteiger partial charge in [0.25, 0.3) is 0 Å². The average molecular weight is 452 g/mol. The predicted octanol–water partition coefficient (Wildman–Crippen LogP) is 4.51. The standard InChI is InChI=1S/C21H18FN7S2/c22-17-4-2-1-3-16(17)19-25-27-20(28(19)14-5-6-14)30-11-15-12-31-21-26-24-18(29(15)21)13-7-9-23-10-8-13/h1-4,7-10,14-15H,5-6,11-12H2/t15-/m1/s1. The lowest BCUT2D eigenvalue weighted by atomic mass is 10.2. The molecule has 3 aromatic heterocycles. The third kappa shape index (κ3) is 3.43. The first-order valence-corrected chi connectivity index (χ1v) is 12.1. The van der Waals surface area contributed by atoms with Gasteiger partial charge in [0.15, 0.2) is 22.0 Å². The van der Waals surface area contributed by atoms with Gasteiger partial charge in [-0.3, -0.25) is 14.1 Å². The van der Waals surface area contributed by atoms with Crippen LogP contribution in [0.5, 0.6) is 0 Å². The van der Waals surface area contributed by atoms with Crippen molar-refractivity contribution in [3.63, 3.8) is 0 Å². The zero-order valence-electron chi connectivity index (χ0n) is 16.4. The van der Waals surface area contributed by atoms with Crippen LogP contribution in [0.4, 0.5) is 4.39 Å². The lowest BCUT2D eigenvalue weighted by molar-refractivity contribution is 0.594. The van der Waals surface area contributed by atoms with E-state index in [-0.39, 0.29) is 11.9 Å². The van der Waals surface area contributed by atoms with Crippen LogP contribution in [0.25, 0.3) is 22.8 Å². The second-order valence-corrected chi connectivity index (χ2v) is 9.55. The summed E-state index contributed by atoms with van der Waals surface area (Å²) in [7, 11) is 0. The Morgan fingerprint density at radius 2 is 1.77 bits per heavy atom. The van der Waals surface area contributed by atoms with E-state index in [0.717, 1.165) is 46.0 Å². The molecule has 10 heteroatoms. The molecule has 1 aliphatic heterocycles. The number of pyridine rings is 1. The number of fused-ring (bicyclic) bond motifs is 1. The highest BCUT2D eigenvalue weighted by Gasteiger charge is 2.33. The van der Waals surface area contributed by atoms with Gasteiger partial charge in [0.1, 0.15) is 5.82 Å². The lowest BCUT2D eigenvalue weighted by Gasteiger charge is -2.15. The van der Waals surface area contributed by atoms with Gasteiger partial charge in [-0.1, -0.05) is 35.7 Å². The summed E-state index contributed by atoms with van der Waals surface area (Å²) in [5.74, 6) is 2.97. The van der Waals surface area contributed by atoms with E-state index in [9.17, 15) is 4.39 Å². The molecule has 1 saturated carbocycles. The van der Waals surface area contributed by atoms with E-state index in [0.29, 0.717) is 17.4 Å². The Labute approximate surface area is 186 Å². The molecule has 1 aromatic carbocycles. The van der Waals surface area contributed by atoms with Crippen LogP contribution in [0.1, 0.15) is 24.9 Å². The Bertz CT molecular complexity index is 1240.